The molecule has 0 rings (SSSR count). The van der Waals surface area contributed by atoms with Crippen LogP contribution in [-0.4, -0.2) is 80.0 Å². The number of carboxylic acid groups (broad SMARTS) is 4. The van der Waals surface area contributed by atoms with Gasteiger partial charge in [0.15, 0.2) is 5.60 Å². The molecule has 0 aromatic carbocycles. The smallest absolute Gasteiger partial charge is 0.336 e. The molecule has 0 saturated carbocycles. The van der Waals surface area contributed by atoms with E-state index >= 15 is 0 Å². The van der Waals surface area contributed by atoms with Gasteiger partial charge in [-0.2, -0.15) is 0 Å². The van der Waals surface area contributed by atoms with Crippen LogP contribution in [0.15, 0.2) is 0 Å². The zero-order chi connectivity index (χ0) is 17.4. The Morgan fingerprint density at radius 3 is 1.38 bits per heavy atom. The van der Waals surface area contributed by atoms with Crippen LogP contribution in [0.5, 0.6) is 0 Å². The molecule has 0 amide bonds. The number of aliphatic carboxylic acids is 4. The van der Waals surface area contributed by atoms with Gasteiger partial charge in [-0.05, 0) is 21.0 Å². The van der Waals surface area contributed by atoms with Crippen LogP contribution in [0.1, 0.15) is 19.8 Å². The van der Waals surface area contributed by atoms with Crippen LogP contribution in [0.25, 0.3) is 0 Å². The van der Waals surface area contributed by atoms with E-state index in [1.165, 1.54) is 0 Å². The molecule has 21 heavy (non-hydrogen) atoms. The third-order valence-corrected chi connectivity index (χ3v) is 2.42. The minimum atomic E-state index is -2.74. The molecule has 0 aliphatic rings. The molecule has 0 aliphatic heterocycles. The van der Waals surface area contributed by atoms with Gasteiger partial charge in [-0.1, -0.05) is 0 Å². The van der Waals surface area contributed by atoms with Crippen LogP contribution in [0.4, 0.5) is 0 Å². The molecule has 10 heteroatoms. The lowest BCUT2D eigenvalue weighted by molar-refractivity contribution is -0.170. The molecule has 0 radical (unpaired) electrons. The van der Waals surface area contributed by atoms with E-state index in [0.717, 1.165) is 0 Å². The average Bonchev–Trinajstić information content (AvgIpc) is 2.25. The molecule has 0 saturated heterocycles. The molecule has 1 atom stereocenters. The van der Waals surface area contributed by atoms with Crippen molar-refractivity contribution in [3.8, 4) is 0 Å². The monoisotopic (exact) mass is 309 g/mol. The Balaban J connectivity index is 0. The lowest BCUT2D eigenvalue weighted by Crippen LogP contribution is -2.42. The van der Waals surface area contributed by atoms with Crippen LogP contribution in [0.2, 0.25) is 0 Å². The summed E-state index contributed by atoms with van der Waals surface area (Å²) in [5.41, 5.74) is -2.74. The quantitative estimate of drug-likeness (QED) is 0.383. The van der Waals surface area contributed by atoms with Gasteiger partial charge >= 0.3 is 23.9 Å². The van der Waals surface area contributed by atoms with E-state index in [9.17, 15) is 19.2 Å². The first-order chi connectivity index (χ1) is 9.33. The average molecular weight is 309 g/mol. The summed E-state index contributed by atoms with van der Waals surface area (Å²) >= 11 is 0. The van der Waals surface area contributed by atoms with Crippen molar-refractivity contribution in [2.24, 2.45) is 0 Å². The number of hydrogen-bond donors (Lipinski definition) is 5. The maximum atomic E-state index is 10.3. The van der Waals surface area contributed by atoms with Crippen LogP contribution in [0.3, 0.4) is 0 Å². The summed E-state index contributed by atoms with van der Waals surface area (Å²) < 4.78 is 0. The molecule has 0 spiro atoms. The second kappa shape index (κ2) is 8.87. The fourth-order valence-corrected chi connectivity index (χ4v) is 0.935. The zero-order valence-corrected chi connectivity index (χ0v) is 11.8. The van der Waals surface area contributed by atoms with Gasteiger partial charge in [0.25, 0.3) is 0 Å². The molecular weight excluding hydrogens is 290 g/mol. The summed E-state index contributed by atoms with van der Waals surface area (Å²) in [5, 5.41) is 42.1. The summed E-state index contributed by atoms with van der Waals surface area (Å²) in [6.07, 6.45) is -2.29. The van der Waals surface area contributed by atoms with E-state index in [0.29, 0.717) is 0 Å². The topological polar surface area (TPSA) is 173 Å². The van der Waals surface area contributed by atoms with Crippen molar-refractivity contribution in [1.29, 1.82) is 0 Å². The summed E-state index contributed by atoms with van der Waals surface area (Å²) in [6.45, 7) is 1.64. The second-order valence-electron chi connectivity index (χ2n) is 4.46. The van der Waals surface area contributed by atoms with Crippen molar-refractivity contribution in [2.45, 2.75) is 31.4 Å². The predicted molar refractivity (Wildman–Crippen MR) is 67.9 cm³/mol. The highest BCUT2D eigenvalue weighted by atomic mass is 16.4. The Labute approximate surface area is 120 Å². The lowest BCUT2D eigenvalue weighted by Gasteiger charge is -2.18. The molecule has 0 aliphatic carbocycles. The van der Waals surface area contributed by atoms with E-state index in [2.05, 4.69) is 0 Å². The summed E-state index contributed by atoms with van der Waals surface area (Å²) in [6, 6.07) is -0.380. The minimum absolute atomic E-state index is 0.380. The Morgan fingerprint density at radius 2 is 1.29 bits per heavy atom. The number of likely N-dealkylation sites (N-methyl/N-ethyl adjacent to an activating group) is 1. The number of rotatable bonds is 7. The van der Waals surface area contributed by atoms with E-state index in [-0.39, 0.29) is 6.04 Å². The van der Waals surface area contributed by atoms with Crippen LogP contribution in [0, 0.1) is 0 Å². The van der Waals surface area contributed by atoms with Gasteiger partial charge in [-0.3, -0.25) is 19.3 Å². The highest BCUT2D eigenvalue weighted by molar-refractivity contribution is 5.88. The van der Waals surface area contributed by atoms with Crippen molar-refractivity contribution in [3.05, 3.63) is 0 Å². The second-order valence-corrected chi connectivity index (χ2v) is 4.46. The van der Waals surface area contributed by atoms with Gasteiger partial charge in [0.2, 0.25) is 0 Å². The lowest BCUT2D eigenvalue weighted by atomic mass is 9.96. The van der Waals surface area contributed by atoms with Gasteiger partial charge in [-0.25, -0.2) is 4.79 Å². The van der Waals surface area contributed by atoms with E-state index < -0.39 is 42.3 Å². The number of hydrogen-bond acceptors (Lipinski definition) is 6. The summed E-state index contributed by atoms with van der Waals surface area (Å²) in [4.78, 5) is 42.2. The van der Waals surface area contributed by atoms with E-state index in [1.807, 2.05) is 0 Å². The van der Waals surface area contributed by atoms with Crippen LogP contribution >= 0.6 is 0 Å². The van der Waals surface area contributed by atoms with Crippen molar-refractivity contribution >= 4 is 23.9 Å². The highest BCUT2D eigenvalue weighted by Gasteiger charge is 2.40. The summed E-state index contributed by atoms with van der Waals surface area (Å²) in [5.74, 6) is -5.80. The van der Waals surface area contributed by atoms with Gasteiger partial charge in [0.05, 0.1) is 12.8 Å². The highest BCUT2D eigenvalue weighted by Crippen LogP contribution is 2.15. The maximum Gasteiger partial charge on any atom is 0.336 e. The van der Waals surface area contributed by atoms with E-state index in [4.69, 9.17) is 25.5 Å². The van der Waals surface area contributed by atoms with Crippen molar-refractivity contribution in [1.82, 2.24) is 4.90 Å². The first kappa shape index (κ1) is 21.1. The molecule has 0 bridgehead atoms. The van der Waals surface area contributed by atoms with Gasteiger partial charge in [0.1, 0.15) is 6.04 Å². The normalized spacial score (nSPS) is 12.0. The Hall–Kier alpha value is -2.20. The molecule has 122 valence electrons. The van der Waals surface area contributed by atoms with Gasteiger partial charge < -0.3 is 25.5 Å². The molecule has 0 aromatic rings. The van der Waals surface area contributed by atoms with Gasteiger partial charge in [0, 0.05) is 0 Å². The number of nitrogens with zero attached hydrogens (tertiary/aromatic N) is 1. The van der Waals surface area contributed by atoms with Crippen LogP contribution < -0.4 is 0 Å². The van der Waals surface area contributed by atoms with Gasteiger partial charge in [-0.15, -0.1) is 0 Å². The molecule has 0 unspecified atom stereocenters. The molecular formula is C11H19NO9. The maximum absolute atomic E-state index is 10.3. The van der Waals surface area contributed by atoms with Crippen molar-refractivity contribution in [3.63, 3.8) is 0 Å². The predicted octanol–water partition coefficient (Wildman–Crippen LogP) is -1.23. The fourth-order valence-electron chi connectivity index (χ4n) is 0.935. The third-order valence-electron chi connectivity index (χ3n) is 2.42. The Kier molecular flexibility index (Phi) is 8.91. The largest absolute Gasteiger partial charge is 0.481 e. The molecule has 0 fully saturated rings. The van der Waals surface area contributed by atoms with Crippen molar-refractivity contribution in [2.75, 3.05) is 14.1 Å². The first-order valence-electron chi connectivity index (χ1n) is 5.62. The SMILES string of the molecule is C[C@@H](C(=O)O)N(C)C.O=C(O)CC(O)(CC(=O)O)C(=O)O. The summed E-state index contributed by atoms with van der Waals surface area (Å²) in [7, 11) is 3.47. The third kappa shape index (κ3) is 9.35. The Bertz CT molecular complexity index is 388. The zero-order valence-electron chi connectivity index (χ0n) is 11.8. The minimum Gasteiger partial charge on any atom is -0.481 e. The molecule has 5 N–H and O–H groups in total. The fraction of sp³-hybridized carbons (Fsp3) is 0.636. The first-order valence-corrected chi connectivity index (χ1v) is 5.62. The van der Waals surface area contributed by atoms with E-state index in [1.54, 1.807) is 25.9 Å². The number of carboxylic acids is 4. The van der Waals surface area contributed by atoms with Crippen LogP contribution in [-0.2, 0) is 19.2 Å². The molecule has 0 heterocycles. The molecule has 10 nitrogen and oxygen atoms in total. The van der Waals surface area contributed by atoms with Crippen molar-refractivity contribution < 1.29 is 44.7 Å². The standard InChI is InChI=1S/C6H8O7.C5H11NO2/c7-3(8)1-6(13,5(11)12)2-4(9)10;1-4(5(7)8)6(2)3/h13H,1-2H2,(H,7,8)(H,9,10)(H,11,12);4H,1-3H3,(H,7,8)/t;4-/m.0/s1. The number of carbonyl (C=O) groups is 4. The molecule has 0 aromatic heterocycles. The number of aliphatic hydroxyl groups is 1. The Morgan fingerprint density at radius 1 is 0.952 bits per heavy atom.